The van der Waals surface area contributed by atoms with E-state index >= 15 is 0 Å². The molecule has 0 atom stereocenters. The van der Waals surface area contributed by atoms with Crippen LogP contribution < -0.4 is 4.74 Å². The van der Waals surface area contributed by atoms with Gasteiger partial charge in [-0.3, -0.25) is 0 Å². The van der Waals surface area contributed by atoms with Gasteiger partial charge in [0.25, 0.3) is 0 Å². The number of hydrogen-bond donors (Lipinski definition) is 0. The Labute approximate surface area is 195 Å². The van der Waals surface area contributed by atoms with Crippen molar-refractivity contribution in [2.24, 2.45) is 0 Å². The van der Waals surface area contributed by atoms with Gasteiger partial charge in [-0.1, -0.05) is 56.4 Å². The zero-order chi connectivity index (χ0) is 24.6. The van der Waals surface area contributed by atoms with Gasteiger partial charge >= 0.3 is 6.09 Å². The highest BCUT2D eigenvalue weighted by Crippen LogP contribution is 2.22. The van der Waals surface area contributed by atoms with E-state index in [4.69, 9.17) is 9.47 Å². The van der Waals surface area contributed by atoms with E-state index < -0.39 is 0 Å². The van der Waals surface area contributed by atoms with Crippen molar-refractivity contribution >= 4 is 6.09 Å². The summed E-state index contributed by atoms with van der Waals surface area (Å²) in [6.07, 6.45) is 5.13. The monoisotopic (exact) mass is 457 g/mol. The number of carbonyl (C=O) groups excluding carboxylic acids is 1. The molecule has 0 spiro atoms. The third-order valence-electron chi connectivity index (χ3n) is 4.22. The van der Waals surface area contributed by atoms with Crippen LogP contribution in [0, 0.1) is 5.82 Å². The SMILES string of the molecule is C=C(C)C=CC/C(F)=C\C.CC.O=C1OCCN1Cc1ccc(Oc2ccc(F)cc2)cc1. The van der Waals surface area contributed by atoms with Gasteiger partial charge in [-0.05, 0) is 55.8 Å². The second-order valence-electron chi connectivity index (χ2n) is 6.92. The molecule has 1 aliphatic heterocycles. The van der Waals surface area contributed by atoms with Crippen LogP contribution in [0.5, 0.6) is 11.5 Å². The van der Waals surface area contributed by atoms with Crippen LogP contribution in [0.2, 0.25) is 0 Å². The number of hydrogen-bond acceptors (Lipinski definition) is 3. The lowest BCUT2D eigenvalue weighted by molar-refractivity contribution is 0.157. The van der Waals surface area contributed by atoms with E-state index in [1.165, 1.54) is 18.2 Å². The normalized spacial score (nSPS) is 13.0. The van der Waals surface area contributed by atoms with Gasteiger partial charge < -0.3 is 14.4 Å². The zero-order valence-electron chi connectivity index (χ0n) is 19.8. The fourth-order valence-electron chi connectivity index (χ4n) is 2.58. The first-order valence-electron chi connectivity index (χ1n) is 10.9. The molecule has 0 unspecified atom stereocenters. The summed E-state index contributed by atoms with van der Waals surface area (Å²) in [5, 5.41) is 0. The van der Waals surface area contributed by atoms with E-state index in [0.29, 0.717) is 37.6 Å². The Hall–Kier alpha value is -3.41. The lowest BCUT2D eigenvalue weighted by atomic mass is 10.2. The number of benzene rings is 2. The molecule has 1 amide bonds. The predicted octanol–water partition coefficient (Wildman–Crippen LogP) is 7.98. The van der Waals surface area contributed by atoms with Gasteiger partial charge in [0.15, 0.2) is 0 Å². The summed E-state index contributed by atoms with van der Waals surface area (Å²) in [7, 11) is 0. The van der Waals surface area contributed by atoms with Crippen LogP contribution in [-0.2, 0) is 11.3 Å². The standard InChI is InChI=1S/C16H14FNO3.C9H13F.C2H6/c17-13-3-7-15(8-4-13)21-14-5-1-12(2-6-14)11-18-9-10-20-16(18)19;1-4-9(10)7-5-6-8(2)3;1-2/h1-8H,9-11H2;4-6H,2,7H2,1,3H3;1-2H3/b;6-5?,9-4+;. The molecule has 4 nitrogen and oxygen atoms in total. The molecular weight excluding hydrogens is 424 g/mol. The Morgan fingerprint density at radius 2 is 1.70 bits per heavy atom. The first kappa shape index (κ1) is 27.6. The molecule has 6 heteroatoms. The van der Waals surface area contributed by atoms with Crippen molar-refractivity contribution in [1.82, 2.24) is 4.90 Å². The molecule has 0 saturated carbocycles. The number of halogens is 2. The van der Waals surface area contributed by atoms with Gasteiger partial charge in [-0.2, -0.15) is 0 Å². The molecule has 0 aliphatic carbocycles. The van der Waals surface area contributed by atoms with Crippen LogP contribution in [0.1, 0.15) is 39.7 Å². The summed E-state index contributed by atoms with van der Waals surface area (Å²) in [6.45, 7) is 12.8. The molecule has 1 aliphatic rings. The van der Waals surface area contributed by atoms with E-state index in [0.717, 1.165) is 11.1 Å². The molecule has 0 radical (unpaired) electrons. The first-order valence-corrected chi connectivity index (χ1v) is 10.9. The average molecular weight is 458 g/mol. The fraction of sp³-hybridized carbons (Fsp3) is 0.296. The number of cyclic esters (lactones) is 1. The van der Waals surface area contributed by atoms with Gasteiger partial charge in [0.2, 0.25) is 0 Å². The van der Waals surface area contributed by atoms with Gasteiger partial charge in [-0.15, -0.1) is 0 Å². The number of amides is 1. The van der Waals surface area contributed by atoms with Crippen molar-refractivity contribution in [2.45, 2.75) is 40.7 Å². The number of ether oxygens (including phenoxy) is 2. The zero-order valence-corrected chi connectivity index (χ0v) is 19.8. The Morgan fingerprint density at radius 3 is 2.18 bits per heavy atom. The summed E-state index contributed by atoms with van der Waals surface area (Å²) in [6, 6.07) is 13.3. The molecule has 33 heavy (non-hydrogen) atoms. The minimum Gasteiger partial charge on any atom is -0.457 e. The van der Waals surface area contributed by atoms with Gasteiger partial charge in [0.1, 0.15) is 23.9 Å². The number of nitrogens with zero attached hydrogens (tertiary/aromatic N) is 1. The molecule has 0 aromatic heterocycles. The second kappa shape index (κ2) is 15.4. The minimum absolute atomic E-state index is 0.0995. The van der Waals surface area contributed by atoms with Crippen molar-refractivity contribution in [3.63, 3.8) is 0 Å². The lowest BCUT2D eigenvalue weighted by Crippen LogP contribution is -2.23. The Bertz CT molecular complexity index is 919. The van der Waals surface area contributed by atoms with E-state index in [9.17, 15) is 13.6 Å². The van der Waals surface area contributed by atoms with Crippen molar-refractivity contribution in [2.75, 3.05) is 13.2 Å². The van der Waals surface area contributed by atoms with Crippen LogP contribution in [0.4, 0.5) is 13.6 Å². The lowest BCUT2D eigenvalue weighted by Gasteiger charge is -2.13. The summed E-state index contributed by atoms with van der Waals surface area (Å²) < 4.78 is 35.7. The maximum Gasteiger partial charge on any atom is 0.410 e. The van der Waals surface area contributed by atoms with Gasteiger partial charge in [0.05, 0.1) is 12.4 Å². The Balaban J connectivity index is 0.000000386. The van der Waals surface area contributed by atoms with Gasteiger partial charge in [-0.25, -0.2) is 13.6 Å². The molecule has 0 bridgehead atoms. The summed E-state index contributed by atoms with van der Waals surface area (Å²) in [5.74, 6) is 0.842. The molecular formula is C27H33F2NO3. The topological polar surface area (TPSA) is 38.8 Å². The molecule has 2 aromatic rings. The van der Waals surface area contributed by atoms with Crippen molar-refractivity contribution in [3.8, 4) is 11.5 Å². The summed E-state index contributed by atoms with van der Waals surface area (Å²) >= 11 is 0. The van der Waals surface area contributed by atoms with E-state index in [1.807, 2.05) is 51.1 Å². The highest BCUT2D eigenvalue weighted by molar-refractivity contribution is 5.69. The predicted molar refractivity (Wildman–Crippen MR) is 129 cm³/mol. The van der Waals surface area contributed by atoms with Crippen LogP contribution in [0.25, 0.3) is 0 Å². The largest absolute Gasteiger partial charge is 0.457 e. The molecule has 3 rings (SSSR count). The van der Waals surface area contributed by atoms with Crippen LogP contribution in [-0.4, -0.2) is 24.1 Å². The summed E-state index contributed by atoms with van der Waals surface area (Å²) in [4.78, 5) is 13.0. The minimum atomic E-state index is -0.296. The third-order valence-corrected chi connectivity index (χ3v) is 4.22. The van der Waals surface area contributed by atoms with Crippen LogP contribution in [0.15, 0.2) is 84.7 Å². The van der Waals surface area contributed by atoms with Crippen LogP contribution >= 0.6 is 0 Å². The van der Waals surface area contributed by atoms with Crippen LogP contribution in [0.3, 0.4) is 0 Å². The molecule has 0 N–H and O–H groups in total. The maximum absolute atomic E-state index is 12.8. The quantitative estimate of drug-likeness (QED) is 0.396. The number of allylic oxidation sites excluding steroid dienone is 5. The van der Waals surface area contributed by atoms with E-state index in [-0.39, 0.29) is 17.7 Å². The molecule has 2 aromatic carbocycles. The van der Waals surface area contributed by atoms with Crippen molar-refractivity contribution < 1.29 is 23.0 Å². The average Bonchev–Trinajstić information content (AvgIpc) is 3.22. The smallest absolute Gasteiger partial charge is 0.410 e. The second-order valence-corrected chi connectivity index (χ2v) is 6.92. The van der Waals surface area contributed by atoms with Gasteiger partial charge in [0, 0.05) is 13.0 Å². The Morgan fingerprint density at radius 1 is 1.12 bits per heavy atom. The van der Waals surface area contributed by atoms with E-state index in [2.05, 4.69) is 6.58 Å². The summed E-state index contributed by atoms with van der Waals surface area (Å²) in [5.41, 5.74) is 1.95. The molecule has 1 fully saturated rings. The van der Waals surface area contributed by atoms with E-state index in [1.54, 1.807) is 30.0 Å². The van der Waals surface area contributed by atoms with Crippen molar-refractivity contribution in [1.29, 1.82) is 0 Å². The first-order chi connectivity index (χ1) is 15.9. The maximum atomic E-state index is 12.8. The van der Waals surface area contributed by atoms with Crippen molar-refractivity contribution in [3.05, 3.63) is 96.1 Å². The number of rotatable bonds is 7. The highest BCUT2D eigenvalue weighted by Gasteiger charge is 2.21. The Kier molecular flexibility index (Phi) is 12.9. The number of carbonyl (C=O) groups is 1. The molecule has 1 heterocycles. The molecule has 1 saturated heterocycles. The third kappa shape index (κ3) is 11.1. The fourth-order valence-corrected chi connectivity index (χ4v) is 2.58. The molecule has 178 valence electrons. The highest BCUT2D eigenvalue weighted by atomic mass is 19.1.